The van der Waals surface area contributed by atoms with Gasteiger partial charge >= 0.3 is 5.97 Å². The molecule has 0 spiro atoms. The van der Waals surface area contributed by atoms with Crippen LogP contribution >= 0.6 is 15.9 Å². The quantitative estimate of drug-likeness (QED) is 0.364. The number of rotatable bonds is 5. The third kappa shape index (κ3) is 4.11. The first-order chi connectivity index (χ1) is 15.4. The van der Waals surface area contributed by atoms with Crippen molar-refractivity contribution < 1.29 is 24.2 Å². The summed E-state index contributed by atoms with van der Waals surface area (Å²) in [4.78, 5) is 25.4. The molecule has 2 N–H and O–H groups in total. The van der Waals surface area contributed by atoms with E-state index in [1.165, 1.54) is 37.6 Å². The van der Waals surface area contributed by atoms with Crippen molar-refractivity contribution in [1.29, 1.82) is 0 Å². The molecule has 3 aromatic carbocycles. The number of esters is 1. The molecule has 0 bridgehead atoms. The first-order valence-electron chi connectivity index (χ1n) is 9.78. The molecule has 32 heavy (non-hydrogen) atoms. The summed E-state index contributed by atoms with van der Waals surface area (Å²) >= 11 is 3.40. The highest BCUT2D eigenvalue weighted by molar-refractivity contribution is 9.10. The number of fused-ring (bicyclic) bond motifs is 1. The molecule has 4 aromatic rings. The standard InChI is InChI=1S/C25H19BrO6/c1-31-22(29)12-19(14-2-6-16(26)7-3-14)23-21(28)11-10-18-24(30)20(13-32-25(18)23)15-4-8-17(27)9-5-15/h2-11,13,19,27-28H,12H2,1H3/t19-/m0/s1. The Labute approximate surface area is 191 Å². The van der Waals surface area contributed by atoms with Crippen molar-refractivity contribution >= 4 is 32.9 Å². The van der Waals surface area contributed by atoms with Crippen molar-refractivity contribution in [3.8, 4) is 22.6 Å². The summed E-state index contributed by atoms with van der Waals surface area (Å²) in [6.07, 6.45) is 1.28. The van der Waals surface area contributed by atoms with Crippen LogP contribution in [0, 0.1) is 0 Å². The van der Waals surface area contributed by atoms with Crippen LogP contribution in [0.4, 0.5) is 0 Å². The number of phenols is 2. The Hall–Kier alpha value is -3.58. The van der Waals surface area contributed by atoms with E-state index in [-0.39, 0.29) is 34.3 Å². The molecule has 0 saturated heterocycles. The topological polar surface area (TPSA) is 97.0 Å². The van der Waals surface area contributed by atoms with Crippen LogP contribution in [0.2, 0.25) is 0 Å². The van der Waals surface area contributed by atoms with Crippen LogP contribution in [0.1, 0.15) is 23.5 Å². The van der Waals surface area contributed by atoms with Crippen LogP contribution in [0.15, 0.2) is 80.6 Å². The molecule has 1 heterocycles. The van der Waals surface area contributed by atoms with E-state index in [0.29, 0.717) is 16.7 Å². The Bertz CT molecular complexity index is 1340. The van der Waals surface area contributed by atoms with Gasteiger partial charge in [-0.2, -0.15) is 0 Å². The van der Waals surface area contributed by atoms with Gasteiger partial charge < -0.3 is 19.4 Å². The smallest absolute Gasteiger partial charge is 0.306 e. The molecule has 0 saturated carbocycles. The summed E-state index contributed by atoms with van der Waals surface area (Å²) in [5.41, 5.74) is 1.92. The van der Waals surface area contributed by atoms with Gasteiger partial charge in [0.1, 0.15) is 23.3 Å². The fraction of sp³-hybridized carbons (Fsp3) is 0.120. The third-order valence-electron chi connectivity index (χ3n) is 5.35. The summed E-state index contributed by atoms with van der Waals surface area (Å²) < 4.78 is 11.6. The Morgan fingerprint density at radius 3 is 2.38 bits per heavy atom. The van der Waals surface area contributed by atoms with Crippen LogP contribution in [-0.2, 0) is 9.53 Å². The molecule has 0 aliphatic carbocycles. The maximum Gasteiger partial charge on any atom is 0.306 e. The molecule has 7 heteroatoms. The van der Waals surface area contributed by atoms with Crippen LogP contribution in [0.25, 0.3) is 22.1 Å². The van der Waals surface area contributed by atoms with Gasteiger partial charge in [0.2, 0.25) is 5.43 Å². The van der Waals surface area contributed by atoms with E-state index in [9.17, 15) is 19.8 Å². The van der Waals surface area contributed by atoms with Gasteiger partial charge in [0.25, 0.3) is 0 Å². The second-order valence-electron chi connectivity index (χ2n) is 7.28. The lowest BCUT2D eigenvalue weighted by Gasteiger charge is -2.19. The van der Waals surface area contributed by atoms with Crippen molar-refractivity contribution in [1.82, 2.24) is 0 Å². The molecular formula is C25H19BrO6. The number of aromatic hydroxyl groups is 2. The van der Waals surface area contributed by atoms with Crippen molar-refractivity contribution in [2.45, 2.75) is 12.3 Å². The largest absolute Gasteiger partial charge is 0.508 e. The van der Waals surface area contributed by atoms with Gasteiger partial charge in [-0.3, -0.25) is 9.59 Å². The number of phenolic OH excluding ortho intramolecular Hbond substituents is 2. The maximum absolute atomic E-state index is 13.3. The zero-order valence-corrected chi connectivity index (χ0v) is 18.6. The second-order valence-corrected chi connectivity index (χ2v) is 8.20. The molecule has 1 aromatic heterocycles. The van der Waals surface area contributed by atoms with E-state index >= 15 is 0 Å². The average Bonchev–Trinajstić information content (AvgIpc) is 2.79. The van der Waals surface area contributed by atoms with E-state index < -0.39 is 11.9 Å². The number of benzene rings is 3. The van der Waals surface area contributed by atoms with Gasteiger partial charge in [0, 0.05) is 16.0 Å². The van der Waals surface area contributed by atoms with Crippen molar-refractivity contribution in [2.24, 2.45) is 0 Å². The predicted molar refractivity (Wildman–Crippen MR) is 124 cm³/mol. The minimum absolute atomic E-state index is 0.0474. The van der Waals surface area contributed by atoms with E-state index in [4.69, 9.17) is 9.15 Å². The van der Waals surface area contributed by atoms with Gasteiger partial charge in [0.05, 0.1) is 24.5 Å². The van der Waals surface area contributed by atoms with E-state index in [1.807, 2.05) is 24.3 Å². The van der Waals surface area contributed by atoms with E-state index in [0.717, 1.165) is 10.0 Å². The number of ether oxygens (including phenoxy) is 1. The first-order valence-corrected chi connectivity index (χ1v) is 10.6. The molecule has 0 aliphatic rings. The molecule has 6 nitrogen and oxygen atoms in total. The number of halogens is 1. The number of carbonyl (C=O) groups is 1. The highest BCUT2D eigenvalue weighted by Gasteiger charge is 2.26. The summed E-state index contributed by atoms with van der Waals surface area (Å²) in [5.74, 6) is -1.06. The SMILES string of the molecule is COC(=O)C[C@@H](c1ccc(Br)cc1)c1c(O)ccc2c(=O)c(-c3ccc(O)cc3)coc12. The van der Waals surface area contributed by atoms with Gasteiger partial charge in [-0.25, -0.2) is 0 Å². The lowest BCUT2D eigenvalue weighted by Crippen LogP contribution is -2.12. The lowest BCUT2D eigenvalue weighted by molar-refractivity contribution is -0.140. The molecule has 0 fully saturated rings. The number of carbonyl (C=O) groups excluding carboxylic acids is 1. The van der Waals surface area contributed by atoms with E-state index in [2.05, 4.69) is 15.9 Å². The molecule has 1 atom stereocenters. The summed E-state index contributed by atoms with van der Waals surface area (Å²) in [5, 5.41) is 20.5. The van der Waals surface area contributed by atoms with Gasteiger partial charge in [-0.1, -0.05) is 40.2 Å². The average molecular weight is 495 g/mol. The number of hydrogen-bond acceptors (Lipinski definition) is 6. The molecule has 0 amide bonds. The van der Waals surface area contributed by atoms with Crippen LogP contribution in [0.5, 0.6) is 11.5 Å². The summed E-state index contributed by atoms with van der Waals surface area (Å²) in [6, 6.07) is 16.5. The minimum atomic E-state index is -0.595. The number of methoxy groups -OCH3 is 1. The molecule has 0 radical (unpaired) electrons. The number of hydrogen-bond donors (Lipinski definition) is 2. The van der Waals surface area contributed by atoms with Crippen LogP contribution < -0.4 is 5.43 Å². The van der Waals surface area contributed by atoms with Crippen LogP contribution in [-0.4, -0.2) is 23.3 Å². The van der Waals surface area contributed by atoms with Gasteiger partial charge in [-0.05, 0) is 47.5 Å². The van der Waals surface area contributed by atoms with Gasteiger partial charge in [-0.15, -0.1) is 0 Å². The Morgan fingerprint density at radius 1 is 1.03 bits per heavy atom. The highest BCUT2D eigenvalue weighted by Crippen LogP contribution is 2.39. The Balaban J connectivity index is 1.93. The lowest BCUT2D eigenvalue weighted by atomic mass is 9.86. The zero-order chi connectivity index (χ0) is 22.8. The molecular weight excluding hydrogens is 476 g/mol. The Kier molecular flexibility index (Phi) is 6.01. The fourth-order valence-corrected chi connectivity index (χ4v) is 3.98. The predicted octanol–water partition coefficient (Wildman–Crippen LogP) is 5.33. The molecule has 162 valence electrons. The van der Waals surface area contributed by atoms with Gasteiger partial charge in [0.15, 0.2) is 0 Å². The first kappa shape index (κ1) is 21.6. The highest BCUT2D eigenvalue weighted by atomic mass is 79.9. The monoisotopic (exact) mass is 494 g/mol. The minimum Gasteiger partial charge on any atom is -0.508 e. The maximum atomic E-state index is 13.3. The summed E-state index contributed by atoms with van der Waals surface area (Å²) in [7, 11) is 1.30. The van der Waals surface area contributed by atoms with E-state index in [1.54, 1.807) is 12.1 Å². The zero-order valence-electron chi connectivity index (χ0n) is 17.0. The Morgan fingerprint density at radius 2 is 1.72 bits per heavy atom. The normalized spacial score (nSPS) is 11.9. The van der Waals surface area contributed by atoms with Crippen molar-refractivity contribution in [2.75, 3.05) is 7.11 Å². The van der Waals surface area contributed by atoms with Crippen molar-refractivity contribution in [3.63, 3.8) is 0 Å². The summed E-state index contributed by atoms with van der Waals surface area (Å²) in [6.45, 7) is 0. The van der Waals surface area contributed by atoms with Crippen molar-refractivity contribution in [3.05, 3.63) is 92.7 Å². The van der Waals surface area contributed by atoms with Crippen LogP contribution in [0.3, 0.4) is 0 Å². The molecule has 0 unspecified atom stereocenters. The second kappa shape index (κ2) is 8.88. The molecule has 4 rings (SSSR count). The fourth-order valence-electron chi connectivity index (χ4n) is 3.72. The molecule has 0 aliphatic heterocycles. The third-order valence-corrected chi connectivity index (χ3v) is 5.88.